The summed E-state index contributed by atoms with van der Waals surface area (Å²) in [6.45, 7) is 2.86. The zero-order valence-electron chi connectivity index (χ0n) is 9.39. The first-order chi connectivity index (χ1) is 7.36. The largest absolute Gasteiger partial charge is 0.356 e. The highest BCUT2D eigenvalue weighted by molar-refractivity contribution is 14.0. The van der Waals surface area contributed by atoms with E-state index in [-0.39, 0.29) is 24.0 Å². The molecule has 0 saturated heterocycles. The third-order valence-corrected chi connectivity index (χ3v) is 2.50. The average molecular weight is 332 g/mol. The topological polar surface area (TPSA) is 40.5 Å². The van der Waals surface area contributed by atoms with Gasteiger partial charge in [0.05, 0.1) is 6.54 Å². The molecule has 1 aromatic rings. The van der Waals surface area contributed by atoms with E-state index < -0.39 is 0 Å². The van der Waals surface area contributed by atoms with Crippen LogP contribution in [0.3, 0.4) is 0 Å². The third kappa shape index (κ3) is 3.62. The van der Waals surface area contributed by atoms with E-state index in [2.05, 4.69) is 27.2 Å². The van der Waals surface area contributed by atoms with Crippen LogP contribution >= 0.6 is 24.0 Å². The van der Waals surface area contributed by atoms with Gasteiger partial charge in [0.2, 0.25) is 0 Å². The molecule has 0 unspecified atom stereocenters. The Morgan fingerprint density at radius 1 is 1.38 bits per heavy atom. The Hall–Kier alpha value is -0.850. The van der Waals surface area contributed by atoms with Crippen molar-refractivity contribution in [2.45, 2.75) is 6.42 Å². The molecule has 0 saturated carbocycles. The van der Waals surface area contributed by atoms with Gasteiger partial charge in [-0.25, -0.2) is 0 Å². The van der Waals surface area contributed by atoms with Crippen LogP contribution in [0.25, 0.3) is 0 Å². The predicted octanol–water partition coefficient (Wildman–Crippen LogP) is 1.13. The number of halogens is 1. The number of rotatable bonds is 3. The van der Waals surface area contributed by atoms with Crippen molar-refractivity contribution in [1.82, 2.24) is 15.2 Å². The molecule has 88 valence electrons. The van der Waals surface area contributed by atoms with Crippen molar-refractivity contribution >= 4 is 29.9 Å². The minimum atomic E-state index is 0. The number of aliphatic imine (C=N–C) groups is 1. The van der Waals surface area contributed by atoms with E-state index in [9.17, 15) is 0 Å². The number of hydrogen-bond acceptors (Lipinski definition) is 4. The van der Waals surface area contributed by atoms with Crippen LogP contribution in [0.5, 0.6) is 0 Å². The third-order valence-electron chi connectivity index (χ3n) is 2.50. The van der Waals surface area contributed by atoms with Gasteiger partial charge in [-0.15, -0.1) is 24.0 Å². The molecule has 2 heterocycles. The molecule has 0 bridgehead atoms. The van der Waals surface area contributed by atoms with Gasteiger partial charge >= 0.3 is 0 Å². The normalized spacial score (nSPS) is 14.3. The van der Waals surface area contributed by atoms with Gasteiger partial charge in [0.25, 0.3) is 0 Å². The summed E-state index contributed by atoms with van der Waals surface area (Å²) in [5, 5.41) is 3.34. The molecule has 0 aliphatic carbocycles. The lowest BCUT2D eigenvalue weighted by Crippen LogP contribution is -2.36. The highest BCUT2D eigenvalue weighted by atomic mass is 127. The number of likely N-dealkylation sites (N-methyl/N-ethyl adjacent to an activating group) is 1. The standard InChI is InChI=1S/C11H16N4.HI/c1-15-9-8-14-11(15)13-7-4-10-2-5-12-6-3-10;/h2-3,5-6H,4,7-9H2,1H3,(H,13,14);1H. The van der Waals surface area contributed by atoms with Crippen LogP contribution in [-0.2, 0) is 6.42 Å². The molecule has 16 heavy (non-hydrogen) atoms. The van der Waals surface area contributed by atoms with Gasteiger partial charge in [0, 0.05) is 32.5 Å². The maximum Gasteiger partial charge on any atom is 0.193 e. The molecule has 0 aromatic carbocycles. The van der Waals surface area contributed by atoms with Crippen LogP contribution < -0.4 is 5.32 Å². The predicted molar refractivity (Wildman–Crippen MR) is 76.3 cm³/mol. The molecule has 1 aliphatic heterocycles. The molecular weight excluding hydrogens is 315 g/mol. The summed E-state index contributed by atoms with van der Waals surface area (Å²) in [5.74, 6) is 1.02. The molecular formula is C11H17IN4. The quantitative estimate of drug-likeness (QED) is 0.844. The molecule has 5 heteroatoms. The highest BCUT2D eigenvalue weighted by Crippen LogP contribution is 1.98. The molecule has 0 fully saturated rings. The molecule has 1 aromatic heterocycles. The number of nitrogens with zero attached hydrogens (tertiary/aromatic N) is 3. The van der Waals surface area contributed by atoms with Gasteiger partial charge in [0.1, 0.15) is 0 Å². The Labute approximate surface area is 113 Å². The second kappa shape index (κ2) is 6.67. The fourth-order valence-electron chi connectivity index (χ4n) is 1.59. The molecule has 0 radical (unpaired) electrons. The van der Waals surface area contributed by atoms with Crippen LogP contribution in [0.15, 0.2) is 29.5 Å². The first-order valence-corrected chi connectivity index (χ1v) is 5.24. The summed E-state index contributed by atoms with van der Waals surface area (Å²) in [4.78, 5) is 10.5. The molecule has 4 nitrogen and oxygen atoms in total. The first kappa shape index (κ1) is 13.2. The number of guanidine groups is 1. The van der Waals surface area contributed by atoms with Gasteiger partial charge in [-0.2, -0.15) is 0 Å². The summed E-state index contributed by atoms with van der Waals surface area (Å²) in [7, 11) is 2.06. The molecule has 1 N–H and O–H groups in total. The van der Waals surface area contributed by atoms with Crippen molar-refractivity contribution in [2.75, 3.05) is 26.7 Å². The van der Waals surface area contributed by atoms with Gasteiger partial charge in [0.15, 0.2) is 5.96 Å². The lowest BCUT2D eigenvalue weighted by atomic mass is 10.2. The lowest BCUT2D eigenvalue weighted by molar-refractivity contribution is 0.534. The Kier molecular flexibility index (Phi) is 5.51. The SMILES string of the molecule is CN1CCN=C1NCCc1ccncc1.I. The lowest BCUT2D eigenvalue weighted by Gasteiger charge is -2.14. The van der Waals surface area contributed by atoms with Crippen molar-refractivity contribution in [2.24, 2.45) is 4.99 Å². The molecule has 0 amide bonds. The van der Waals surface area contributed by atoms with E-state index >= 15 is 0 Å². The van der Waals surface area contributed by atoms with Crippen LogP contribution in [0, 0.1) is 0 Å². The Bertz CT molecular complexity index is 339. The second-order valence-electron chi connectivity index (χ2n) is 3.66. The Morgan fingerprint density at radius 2 is 2.12 bits per heavy atom. The number of pyridine rings is 1. The fraction of sp³-hybridized carbons (Fsp3) is 0.455. The van der Waals surface area contributed by atoms with E-state index in [1.807, 2.05) is 24.5 Å². The van der Waals surface area contributed by atoms with Crippen LogP contribution in [-0.4, -0.2) is 42.5 Å². The van der Waals surface area contributed by atoms with Gasteiger partial charge in [-0.3, -0.25) is 9.98 Å². The maximum atomic E-state index is 4.37. The fourth-order valence-corrected chi connectivity index (χ4v) is 1.59. The highest BCUT2D eigenvalue weighted by Gasteiger charge is 2.10. The smallest absolute Gasteiger partial charge is 0.193 e. The van der Waals surface area contributed by atoms with Crippen molar-refractivity contribution in [3.8, 4) is 0 Å². The summed E-state index contributed by atoms with van der Waals surface area (Å²) < 4.78 is 0. The zero-order chi connectivity index (χ0) is 10.5. The maximum absolute atomic E-state index is 4.37. The summed E-state index contributed by atoms with van der Waals surface area (Å²) in [5.41, 5.74) is 1.30. The van der Waals surface area contributed by atoms with Crippen LogP contribution in [0.2, 0.25) is 0 Å². The summed E-state index contributed by atoms with van der Waals surface area (Å²) in [6, 6.07) is 4.09. The van der Waals surface area contributed by atoms with E-state index in [0.29, 0.717) is 0 Å². The summed E-state index contributed by atoms with van der Waals surface area (Å²) in [6.07, 6.45) is 4.67. The summed E-state index contributed by atoms with van der Waals surface area (Å²) >= 11 is 0. The van der Waals surface area contributed by atoms with E-state index in [1.54, 1.807) is 0 Å². The molecule has 1 aliphatic rings. The van der Waals surface area contributed by atoms with Crippen molar-refractivity contribution in [1.29, 1.82) is 0 Å². The number of hydrogen-bond donors (Lipinski definition) is 1. The van der Waals surface area contributed by atoms with E-state index in [0.717, 1.165) is 32.0 Å². The Balaban J connectivity index is 0.00000128. The van der Waals surface area contributed by atoms with Gasteiger partial charge in [-0.1, -0.05) is 0 Å². The minimum absolute atomic E-state index is 0. The number of nitrogens with one attached hydrogen (secondary N) is 1. The Morgan fingerprint density at radius 3 is 2.75 bits per heavy atom. The average Bonchev–Trinajstić information content (AvgIpc) is 2.66. The zero-order valence-corrected chi connectivity index (χ0v) is 11.7. The van der Waals surface area contributed by atoms with E-state index in [1.165, 1.54) is 5.56 Å². The van der Waals surface area contributed by atoms with Crippen LogP contribution in [0.4, 0.5) is 0 Å². The van der Waals surface area contributed by atoms with Crippen molar-refractivity contribution < 1.29 is 0 Å². The van der Waals surface area contributed by atoms with Gasteiger partial charge in [-0.05, 0) is 24.1 Å². The number of aromatic nitrogens is 1. The monoisotopic (exact) mass is 332 g/mol. The van der Waals surface area contributed by atoms with Crippen LogP contribution in [0.1, 0.15) is 5.56 Å². The van der Waals surface area contributed by atoms with Gasteiger partial charge < -0.3 is 10.2 Å². The van der Waals surface area contributed by atoms with Crippen molar-refractivity contribution in [3.05, 3.63) is 30.1 Å². The molecule has 2 rings (SSSR count). The second-order valence-corrected chi connectivity index (χ2v) is 3.66. The molecule has 0 spiro atoms. The molecule has 0 atom stereocenters. The first-order valence-electron chi connectivity index (χ1n) is 5.24. The minimum Gasteiger partial charge on any atom is -0.356 e. The van der Waals surface area contributed by atoms with Crippen molar-refractivity contribution in [3.63, 3.8) is 0 Å². The van der Waals surface area contributed by atoms with E-state index in [4.69, 9.17) is 0 Å².